The summed E-state index contributed by atoms with van der Waals surface area (Å²) < 4.78 is 25.0. The van der Waals surface area contributed by atoms with E-state index in [1.165, 1.54) is 0 Å². The summed E-state index contributed by atoms with van der Waals surface area (Å²) >= 11 is 0. The Kier molecular flexibility index (Phi) is 4.03. The van der Waals surface area contributed by atoms with Crippen molar-refractivity contribution in [3.8, 4) is 0 Å². The molecule has 0 bridgehead atoms. The number of rotatable bonds is 4. The van der Waals surface area contributed by atoms with Crippen LogP contribution in [0, 0.1) is 0 Å². The van der Waals surface area contributed by atoms with Gasteiger partial charge in [-0.05, 0) is 27.2 Å². The van der Waals surface area contributed by atoms with Gasteiger partial charge in [-0.3, -0.25) is 0 Å². The van der Waals surface area contributed by atoms with Crippen LogP contribution in [-0.4, -0.2) is 19.7 Å². The Hall–Kier alpha value is -0.0900. The van der Waals surface area contributed by atoms with Crippen molar-refractivity contribution < 1.29 is 8.42 Å². The maximum Gasteiger partial charge on any atom is 0.214 e. The Morgan fingerprint density at radius 2 is 1.73 bits per heavy atom. The normalized spacial score (nSPS) is 15.4. The molecule has 0 saturated carbocycles. The molecular weight excluding hydrogens is 162 g/mol. The zero-order valence-electron chi connectivity index (χ0n) is 7.59. The van der Waals surface area contributed by atoms with Crippen molar-refractivity contribution >= 4 is 10.0 Å². The lowest BCUT2D eigenvalue weighted by Crippen LogP contribution is -2.36. The van der Waals surface area contributed by atoms with Gasteiger partial charge in [0, 0.05) is 6.04 Å². The third-order valence-electron chi connectivity index (χ3n) is 1.60. The van der Waals surface area contributed by atoms with E-state index in [0.29, 0.717) is 0 Å². The number of hydrogen-bond donors (Lipinski definition) is 1. The van der Waals surface area contributed by atoms with Crippen LogP contribution in [0.4, 0.5) is 0 Å². The zero-order chi connectivity index (χ0) is 9.07. The third kappa shape index (κ3) is 3.72. The second kappa shape index (κ2) is 4.07. The largest absolute Gasteiger partial charge is 0.214 e. The summed E-state index contributed by atoms with van der Waals surface area (Å²) in [5, 5.41) is -0.337. The van der Waals surface area contributed by atoms with Crippen molar-refractivity contribution in [1.29, 1.82) is 0 Å². The molecule has 0 aromatic carbocycles. The first kappa shape index (κ1) is 10.9. The maximum absolute atomic E-state index is 11.2. The molecular formula is C7H17NO2S. The summed E-state index contributed by atoms with van der Waals surface area (Å²) in [7, 11) is -3.06. The van der Waals surface area contributed by atoms with Crippen molar-refractivity contribution in [2.45, 2.75) is 45.4 Å². The predicted octanol–water partition coefficient (Wildman–Crippen LogP) is 1.11. The molecule has 0 aromatic rings. The monoisotopic (exact) mass is 179 g/mol. The van der Waals surface area contributed by atoms with Gasteiger partial charge in [0.1, 0.15) is 0 Å². The van der Waals surface area contributed by atoms with Crippen LogP contribution in [0.1, 0.15) is 34.1 Å². The van der Waals surface area contributed by atoms with Crippen LogP contribution in [-0.2, 0) is 10.0 Å². The molecule has 0 aliphatic heterocycles. The van der Waals surface area contributed by atoms with Crippen molar-refractivity contribution in [2.24, 2.45) is 0 Å². The fraction of sp³-hybridized carbons (Fsp3) is 1.00. The maximum atomic E-state index is 11.2. The second-order valence-corrected chi connectivity index (χ2v) is 5.29. The number of sulfonamides is 1. The lowest BCUT2D eigenvalue weighted by Gasteiger charge is -2.13. The molecule has 0 amide bonds. The Morgan fingerprint density at radius 1 is 1.27 bits per heavy atom. The van der Waals surface area contributed by atoms with Gasteiger partial charge in [-0.2, -0.15) is 0 Å². The highest BCUT2D eigenvalue weighted by atomic mass is 32.2. The fourth-order valence-corrected chi connectivity index (χ4v) is 1.50. The summed E-state index contributed by atoms with van der Waals surface area (Å²) in [4.78, 5) is 0. The van der Waals surface area contributed by atoms with Gasteiger partial charge in [0.15, 0.2) is 0 Å². The van der Waals surface area contributed by atoms with Gasteiger partial charge in [-0.25, -0.2) is 13.1 Å². The Morgan fingerprint density at radius 3 is 2.00 bits per heavy atom. The Labute approximate surface area is 69.2 Å². The molecule has 0 radical (unpaired) electrons. The molecule has 0 rings (SSSR count). The van der Waals surface area contributed by atoms with Crippen LogP contribution in [0.5, 0.6) is 0 Å². The zero-order valence-corrected chi connectivity index (χ0v) is 8.40. The highest BCUT2D eigenvalue weighted by Gasteiger charge is 2.16. The SMILES string of the molecule is CCC(C)NS(=O)(=O)C(C)C. The van der Waals surface area contributed by atoms with Crippen LogP contribution >= 0.6 is 0 Å². The van der Waals surface area contributed by atoms with Crippen molar-refractivity contribution in [3.05, 3.63) is 0 Å². The van der Waals surface area contributed by atoms with E-state index in [4.69, 9.17) is 0 Å². The Bertz CT molecular complexity index is 196. The van der Waals surface area contributed by atoms with Crippen molar-refractivity contribution in [2.75, 3.05) is 0 Å². The van der Waals surface area contributed by atoms with Gasteiger partial charge in [0.2, 0.25) is 10.0 Å². The summed E-state index contributed by atoms with van der Waals surface area (Å²) in [5.74, 6) is 0. The van der Waals surface area contributed by atoms with Gasteiger partial charge < -0.3 is 0 Å². The lowest BCUT2D eigenvalue weighted by atomic mass is 10.3. The average molecular weight is 179 g/mol. The van der Waals surface area contributed by atoms with Gasteiger partial charge in [0.05, 0.1) is 5.25 Å². The highest BCUT2D eigenvalue weighted by Crippen LogP contribution is 1.99. The highest BCUT2D eigenvalue weighted by molar-refractivity contribution is 7.90. The van der Waals surface area contributed by atoms with Crippen LogP contribution in [0.2, 0.25) is 0 Å². The summed E-state index contributed by atoms with van der Waals surface area (Å²) in [6.45, 7) is 7.16. The first-order valence-corrected chi connectivity index (χ1v) is 5.46. The van der Waals surface area contributed by atoms with E-state index in [1.807, 2.05) is 13.8 Å². The topological polar surface area (TPSA) is 46.2 Å². The number of nitrogens with one attached hydrogen (secondary N) is 1. The van der Waals surface area contributed by atoms with Crippen LogP contribution in [0.15, 0.2) is 0 Å². The van der Waals surface area contributed by atoms with Gasteiger partial charge in [-0.1, -0.05) is 6.92 Å². The first-order valence-electron chi connectivity index (χ1n) is 3.91. The van der Waals surface area contributed by atoms with E-state index in [1.54, 1.807) is 13.8 Å². The van der Waals surface area contributed by atoms with E-state index >= 15 is 0 Å². The smallest absolute Gasteiger partial charge is 0.212 e. The first-order chi connectivity index (χ1) is 4.90. The fourth-order valence-electron chi connectivity index (χ4n) is 0.500. The number of hydrogen-bond acceptors (Lipinski definition) is 2. The van der Waals surface area contributed by atoms with E-state index in [-0.39, 0.29) is 11.3 Å². The molecule has 1 atom stereocenters. The predicted molar refractivity (Wildman–Crippen MR) is 46.9 cm³/mol. The van der Waals surface area contributed by atoms with Gasteiger partial charge >= 0.3 is 0 Å². The van der Waals surface area contributed by atoms with Gasteiger partial charge in [-0.15, -0.1) is 0 Å². The van der Waals surface area contributed by atoms with E-state index in [2.05, 4.69) is 4.72 Å². The molecule has 0 aliphatic carbocycles. The molecule has 0 aromatic heterocycles. The minimum atomic E-state index is -3.06. The van der Waals surface area contributed by atoms with E-state index in [0.717, 1.165) is 6.42 Å². The molecule has 0 saturated heterocycles. The van der Waals surface area contributed by atoms with Crippen LogP contribution in [0.3, 0.4) is 0 Å². The van der Waals surface area contributed by atoms with E-state index in [9.17, 15) is 8.42 Å². The Balaban J connectivity index is 4.15. The summed E-state index contributed by atoms with van der Waals surface area (Å²) in [6.07, 6.45) is 0.825. The lowest BCUT2D eigenvalue weighted by molar-refractivity contribution is 0.547. The van der Waals surface area contributed by atoms with Crippen LogP contribution < -0.4 is 4.72 Å². The average Bonchev–Trinajstić information content (AvgIpc) is 1.86. The molecule has 0 spiro atoms. The molecule has 0 aliphatic rings. The quantitative estimate of drug-likeness (QED) is 0.702. The summed E-state index contributed by atoms with van der Waals surface area (Å²) in [6, 6.07) is 0.0439. The van der Waals surface area contributed by atoms with Crippen molar-refractivity contribution in [1.82, 2.24) is 4.72 Å². The molecule has 0 fully saturated rings. The molecule has 0 heterocycles. The van der Waals surface area contributed by atoms with Crippen molar-refractivity contribution in [3.63, 3.8) is 0 Å². The van der Waals surface area contributed by atoms with Gasteiger partial charge in [0.25, 0.3) is 0 Å². The third-order valence-corrected chi connectivity index (χ3v) is 3.57. The van der Waals surface area contributed by atoms with E-state index < -0.39 is 10.0 Å². The molecule has 68 valence electrons. The second-order valence-electron chi connectivity index (χ2n) is 3.02. The molecule has 3 nitrogen and oxygen atoms in total. The minimum Gasteiger partial charge on any atom is -0.212 e. The standard InChI is InChI=1S/C7H17NO2S/c1-5-7(4)8-11(9,10)6(2)3/h6-8H,5H2,1-4H3. The summed E-state index contributed by atoms with van der Waals surface area (Å²) in [5.41, 5.74) is 0. The molecule has 1 unspecified atom stereocenters. The molecule has 1 N–H and O–H groups in total. The molecule has 4 heteroatoms. The van der Waals surface area contributed by atoms with Crippen LogP contribution in [0.25, 0.3) is 0 Å². The molecule has 11 heavy (non-hydrogen) atoms. The minimum absolute atomic E-state index is 0.0439.